The molecule has 2 rings (SSSR count). The maximum Gasteiger partial charge on any atom is 0.136 e. The number of halogens is 3. The van der Waals surface area contributed by atoms with Gasteiger partial charge in [-0.15, -0.1) is 0 Å². The normalized spacial score (nSPS) is 10.3. The lowest BCUT2D eigenvalue weighted by molar-refractivity contribution is 0.298. The van der Waals surface area contributed by atoms with Gasteiger partial charge in [0.1, 0.15) is 24.0 Å². The molecule has 0 aliphatic heterocycles. The summed E-state index contributed by atoms with van der Waals surface area (Å²) in [6.45, 7) is 0.163. The third-order valence-electron chi connectivity index (χ3n) is 2.43. The van der Waals surface area contributed by atoms with Crippen molar-refractivity contribution >= 4 is 33.3 Å². The Kier molecular flexibility index (Phi) is 4.61. The Morgan fingerprint density at radius 3 is 2.89 bits per heavy atom. The number of nitrogens with one attached hydrogen (secondary N) is 1. The fourth-order valence-corrected chi connectivity index (χ4v) is 1.98. The van der Waals surface area contributed by atoms with E-state index in [1.165, 1.54) is 12.1 Å². The van der Waals surface area contributed by atoms with Crippen molar-refractivity contribution in [3.05, 3.63) is 51.3 Å². The third-order valence-corrected chi connectivity index (χ3v) is 3.43. The lowest BCUT2D eigenvalue weighted by atomic mass is 10.3. The summed E-state index contributed by atoms with van der Waals surface area (Å²) in [7, 11) is 1.77. The van der Waals surface area contributed by atoms with Gasteiger partial charge in [-0.05, 0) is 40.2 Å². The van der Waals surface area contributed by atoms with Crippen molar-refractivity contribution in [2.75, 3.05) is 12.4 Å². The first-order chi connectivity index (χ1) is 9.10. The number of anilines is 1. The van der Waals surface area contributed by atoms with Gasteiger partial charge >= 0.3 is 0 Å². The van der Waals surface area contributed by atoms with Crippen molar-refractivity contribution in [3.63, 3.8) is 0 Å². The van der Waals surface area contributed by atoms with E-state index in [0.29, 0.717) is 26.8 Å². The molecule has 0 saturated heterocycles. The number of hydrogen-bond acceptors (Lipinski definition) is 3. The maximum absolute atomic E-state index is 13.1. The van der Waals surface area contributed by atoms with E-state index >= 15 is 0 Å². The molecule has 0 amide bonds. The second kappa shape index (κ2) is 6.21. The van der Waals surface area contributed by atoms with Crippen molar-refractivity contribution in [2.24, 2.45) is 0 Å². The van der Waals surface area contributed by atoms with Crippen molar-refractivity contribution in [1.29, 1.82) is 0 Å². The maximum atomic E-state index is 13.1. The van der Waals surface area contributed by atoms with Gasteiger partial charge in [0.2, 0.25) is 0 Å². The molecule has 0 unspecified atom stereocenters. The van der Waals surface area contributed by atoms with Gasteiger partial charge in [0.25, 0.3) is 0 Å². The average Bonchev–Trinajstić information content (AvgIpc) is 2.41. The fraction of sp³-hybridized carbons (Fsp3) is 0.154. The summed E-state index contributed by atoms with van der Waals surface area (Å²) >= 11 is 9.33. The smallest absolute Gasteiger partial charge is 0.136 e. The van der Waals surface area contributed by atoms with Crippen LogP contribution in [0.4, 0.5) is 10.2 Å². The van der Waals surface area contributed by atoms with Gasteiger partial charge in [0.05, 0.1) is 15.2 Å². The number of nitrogens with zero attached hydrogens (tertiary/aromatic N) is 1. The van der Waals surface area contributed by atoms with Crippen LogP contribution in [0.25, 0.3) is 0 Å². The van der Waals surface area contributed by atoms with Crippen molar-refractivity contribution in [1.82, 2.24) is 4.98 Å². The SMILES string of the molecule is CNc1ccc(Cl)c(COc2cc(F)ccc2Br)n1. The monoisotopic (exact) mass is 344 g/mol. The molecule has 2 aromatic rings. The van der Waals surface area contributed by atoms with E-state index in [9.17, 15) is 4.39 Å². The van der Waals surface area contributed by atoms with Crippen LogP contribution in [-0.4, -0.2) is 12.0 Å². The molecule has 0 atom stereocenters. The Hall–Kier alpha value is -1.33. The molecule has 0 fully saturated rings. The highest BCUT2D eigenvalue weighted by atomic mass is 79.9. The molecule has 1 aromatic heterocycles. The predicted octanol–water partition coefficient (Wildman–Crippen LogP) is 4.26. The molecule has 0 spiro atoms. The summed E-state index contributed by atoms with van der Waals surface area (Å²) in [5.41, 5.74) is 0.588. The highest BCUT2D eigenvalue weighted by molar-refractivity contribution is 9.10. The van der Waals surface area contributed by atoms with E-state index < -0.39 is 0 Å². The van der Waals surface area contributed by atoms with Crippen molar-refractivity contribution in [2.45, 2.75) is 6.61 Å². The number of hydrogen-bond donors (Lipinski definition) is 1. The van der Waals surface area contributed by atoms with Crippen LogP contribution in [0.15, 0.2) is 34.8 Å². The van der Waals surface area contributed by atoms with E-state index in [0.717, 1.165) is 0 Å². The topological polar surface area (TPSA) is 34.1 Å². The molecular formula is C13H11BrClFN2O. The van der Waals surface area contributed by atoms with Crippen LogP contribution in [0.2, 0.25) is 5.02 Å². The van der Waals surface area contributed by atoms with Gasteiger partial charge in [0.15, 0.2) is 0 Å². The van der Waals surface area contributed by atoms with E-state index in [1.807, 2.05) is 0 Å². The number of rotatable bonds is 4. The molecule has 100 valence electrons. The first-order valence-electron chi connectivity index (χ1n) is 5.51. The van der Waals surface area contributed by atoms with Gasteiger partial charge in [-0.25, -0.2) is 9.37 Å². The first kappa shape index (κ1) is 14.1. The van der Waals surface area contributed by atoms with Crippen LogP contribution >= 0.6 is 27.5 Å². The quantitative estimate of drug-likeness (QED) is 0.899. The van der Waals surface area contributed by atoms with E-state index in [1.54, 1.807) is 25.2 Å². The number of pyridine rings is 1. The first-order valence-corrected chi connectivity index (χ1v) is 6.68. The van der Waals surface area contributed by atoms with Gasteiger partial charge < -0.3 is 10.1 Å². The minimum atomic E-state index is -0.360. The molecule has 0 aliphatic rings. The Labute approximate surface area is 123 Å². The molecule has 0 bridgehead atoms. The van der Waals surface area contributed by atoms with Crippen LogP contribution in [0.1, 0.15) is 5.69 Å². The fourth-order valence-electron chi connectivity index (χ4n) is 1.46. The van der Waals surface area contributed by atoms with Crippen LogP contribution in [0, 0.1) is 5.82 Å². The molecule has 6 heteroatoms. The summed E-state index contributed by atoms with van der Waals surface area (Å²) < 4.78 is 19.3. The Bertz CT molecular complexity index is 595. The molecule has 3 nitrogen and oxygen atoms in total. The van der Waals surface area contributed by atoms with E-state index in [2.05, 4.69) is 26.2 Å². The molecule has 0 aliphatic carbocycles. The van der Waals surface area contributed by atoms with Crippen LogP contribution in [-0.2, 0) is 6.61 Å². The minimum Gasteiger partial charge on any atom is -0.486 e. The predicted molar refractivity (Wildman–Crippen MR) is 77.2 cm³/mol. The summed E-state index contributed by atoms with van der Waals surface area (Å²) in [5.74, 6) is 0.746. The molecule has 1 N–H and O–H groups in total. The Morgan fingerprint density at radius 1 is 1.37 bits per heavy atom. The summed E-state index contributed by atoms with van der Waals surface area (Å²) in [4.78, 5) is 4.28. The zero-order chi connectivity index (χ0) is 13.8. The third kappa shape index (κ3) is 3.58. The average molecular weight is 346 g/mol. The molecule has 19 heavy (non-hydrogen) atoms. The van der Waals surface area contributed by atoms with Crippen LogP contribution < -0.4 is 10.1 Å². The molecule has 1 aromatic carbocycles. The second-order valence-corrected chi connectivity index (χ2v) is 5.00. The van der Waals surface area contributed by atoms with E-state index in [4.69, 9.17) is 16.3 Å². The number of aromatic nitrogens is 1. The highest BCUT2D eigenvalue weighted by Gasteiger charge is 2.07. The zero-order valence-electron chi connectivity index (χ0n) is 10.1. The van der Waals surface area contributed by atoms with Gasteiger partial charge in [-0.3, -0.25) is 0 Å². The Balaban J connectivity index is 2.16. The largest absolute Gasteiger partial charge is 0.486 e. The standard InChI is InChI=1S/C13H11BrClFN2O/c1-17-13-5-4-10(15)11(18-13)7-19-12-6-8(16)2-3-9(12)14/h2-6H,7H2,1H3,(H,17,18). The second-order valence-electron chi connectivity index (χ2n) is 3.74. The van der Waals surface area contributed by atoms with E-state index in [-0.39, 0.29) is 12.4 Å². The molecule has 1 heterocycles. The molecule has 0 saturated carbocycles. The van der Waals surface area contributed by atoms with Crippen LogP contribution in [0.5, 0.6) is 5.75 Å². The zero-order valence-corrected chi connectivity index (χ0v) is 12.4. The van der Waals surface area contributed by atoms with Gasteiger partial charge in [-0.2, -0.15) is 0 Å². The lowest BCUT2D eigenvalue weighted by Gasteiger charge is -2.10. The van der Waals surface area contributed by atoms with Crippen LogP contribution in [0.3, 0.4) is 0 Å². The molecular weight excluding hydrogens is 335 g/mol. The minimum absolute atomic E-state index is 0.163. The number of ether oxygens (including phenoxy) is 1. The lowest BCUT2D eigenvalue weighted by Crippen LogP contribution is -2.02. The van der Waals surface area contributed by atoms with Crippen molar-refractivity contribution < 1.29 is 9.13 Å². The number of benzene rings is 1. The Morgan fingerprint density at radius 2 is 2.16 bits per heavy atom. The van der Waals surface area contributed by atoms with Gasteiger partial charge in [0, 0.05) is 13.1 Å². The highest BCUT2D eigenvalue weighted by Crippen LogP contribution is 2.27. The summed E-state index contributed by atoms with van der Waals surface area (Å²) in [6, 6.07) is 7.75. The van der Waals surface area contributed by atoms with Crippen molar-refractivity contribution in [3.8, 4) is 5.75 Å². The molecule has 0 radical (unpaired) electrons. The summed E-state index contributed by atoms with van der Waals surface area (Å²) in [6.07, 6.45) is 0. The van der Waals surface area contributed by atoms with Gasteiger partial charge in [-0.1, -0.05) is 11.6 Å². The summed E-state index contributed by atoms with van der Waals surface area (Å²) in [5, 5.41) is 3.42.